The normalized spacial score (nSPS) is 14.2. The predicted octanol–water partition coefficient (Wildman–Crippen LogP) is 4.65. The van der Waals surface area contributed by atoms with Crippen molar-refractivity contribution in [3.05, 3.63) is 114 Å². The standard InChI is InChI=1S/C37H45N3O6/c1-37(2,3)40(36(44)45)31(22-27-15-8-5-9-16-27)33(42)24-38-23-32(41)30(21-26-13-6-4-7-14-26)39-35(43)25-46-34-20-12-18-28-17-10-11-19-29(28)34/h4-20,30-33,38,41-42H,21-25H2,1-3H3,(H,39,43)(H,44,45)/t30-,31-,32+,33+/m0/s1. The number of carboxylic acid groups (broad SMARTS) is 1. The number of carbonyl (C=O) groups excluding carboxylic acids is 1. The van der Waals surface area contributed by atoms with E-state index >= 15 is 0 Å². The van der Waals surface area contributed by atoms with E-state index in [4.69, 9.17) is 4.74 Å². The first-order chi connectivity index (χ1) is 22.0. The Morgan fingerprint density at radius 3 is 1.96 bits per heavy atom. The number of nitrogens with zero attached hydrogens (tertiary/aromatic N) is 1. The summed E-state index contributed by atoms with van der Waals surface area (Å²) < 4.78 is 5.87. The summed E-state index contributed by atoms with van der Waals surface area (Å²) in [6, 6.07) is 31.0. The van der Waals surface area contributed by atoms with Crippen LogP contribution in [0.4, 0.5) is 4.79 Å². The highest BCUT2D eigenvalue weighted by atomic mass is 16.5. The van der Waals surface area contributed by atoms with Gasteiger partial charge in [0.05, 0.1) is 24.3 Å². The number of aliphatic hydroxyl groups excluding tert-OH is 2. The molecule has 0 fully saturated rings. The zero-order chi connectivity index (χ0) is 33.1. The van der Waals surface area contributed by atoms with Gasteiger partial charge in [-0.05, 0) is 56.2 Å². The number of amides is 2. The molecule has 4 rings (SSSR count). The van der Waals surface area contributed by atoms with Crippen LogP contribution < -0.4 is 15.4 Å². The van der Waals surface area contributed by atoms with Crippen LogP contribution in [0.3, 0.4) is 0 Å². The van der Waals surface area contributed by atoms with Gasteiger partial charge in [-0.2, -0.15) is 0 Å². The summed E-state index contributed by atoms with van der Waals surface area (Å²) in [4.78, 5) is 26.7. The maximum atomic E-state index is 13.1. The van der Waals surface area contributed by atoms with E-state index in [1.54, 1.807) is 20.8 Å². The molecule has 0 aromatic heterocycles. The predicted molar refractivity (Wildman–Crippen MR) is 180 cm³/mol. The van der Waals surface area contributed by atoms with Crippen LogP contribution in [0.1, 0.15) is 31.9 Å². The molecule has 4 atom stereocenters. The van der Waals surface area contributed by atoms with Gasteiger partial charge in [-0.3, -0.25) is 9.69 Å². The Labute approximate surface area is 270 Å². The van der Waals surface area contributed by atoms with E-state index in [2.05, 4.69) is 10.6 Å². The summed E-state index contributed by atoms with van der Waals surface area (Å²) in [5, 5.41) is 40.6. The monoisotopic (exact) mass is 627 g/mol. The fourth-order valence-electron chi connectivity index (χ4n) is 5.70. The Kier molecular flexibility index (Phi) is 12.1. The van der Waals surface area contributed by atoms with Gasteiger partial charge in [0.15, 0.2) is 6.61 Å². The maximum absolute atomic E-state index is 13.1. The number of rotatable bonds is 15. The molecule has 0 unspecified atom stereocenters. The quantitative estimate of drug-likeness (QED) is 0.130. The molecule has 4 aromatic carbocycles. The molecule has 5 N–H and O–H groups in total. The number of hydrogen-bond donors (Lipinski definition) is 5. The Balaban J connectivity index is 1.41. The van der Waals surface area contributed by atoms with Crippen LogP contribution in [0.15, 0.2) is 103 Å². The molecule has 9 heteroatoms. The Morgan fingerprint density at radius 2 is 1.33 bits per heavy atom. The van der Waals surface area contributed by atoms with E-state index in [-0.39, 0.29) is 25.6 Å². The number of benzene rings is 4. The molecule has 0 aliphatic rings. The van der Waals surface area contributed by atoms with E-state index in [1.165, 1.54) is 4.90 Å². The third-order valence-corrected chi connectivity index (χ3v) is 7.92. The molecule has 0 aliphatic carbocycles. The van der Waals surface area contributed by atoms with Crippen molar-refractivity contribution in [2.45, 2.75) is 63.4 Å². The van der Waals surface area contributed by atoms with Crippen LogP contribution in [0.2, 0.25) is 0 Å². The molecule has 0 bridgehead atoms. The largest absolute Gasteiger partial charge is 0.483 e. The summed E-state index contributed by atoms with van der Waals surface area (Å²) in [5.41, 5.74) is 1.08. The van der Waals surface area contributed by atoms with Crippen LogP contribution in [0, 0.1) is 0 Å². The highest BCUT2D eigenvalue weighted by Crippen LogP contribution is 2.25. The van der Waals surface area contributed by atoms with E-state index in [9.17, 15) is 24.9 Å². The fraction of sp³-hybridized carbons (Fsp3) is 0.351. The molecule has 0 heterocycles. The van der Waals surface area contributed by atoms with Crippen molar-refractivity contribution in [1.82, 2.24) is 15.5 Å². The molecule has 0 saturated heterocycles. The molecule has 4 aromatic rings. The third-order valence-electron chi connectivity index (χ3n) is 7.92. The van der Waals surface area contributed by atoms with Gasteiger partial charge in [0.2, 0.25) is 0 Å². The van der Waals surface area contributed by atoms with Gasteiger partial charge in [0, 0.05) is 24.0 Å². The fourth-order valence-corrected chi connectivity index (χ4v) is 5.70. The summed E-state index contributed by atoms with van der Waals surface area (Å²) in [5.74, 6) is 0.220. The lowest BCUT2D eigenvalue weighted by atomic mass is 9.94. The summed E-state index contributed by atoms with van der Waals surface area (Å²) in [6.45, 7) is 5.25. The zero-order valence-electron chi connectivity index (χ0n) is 26.7. The first-order valence-corrected chi connectivity index (χ1v) is 15.6. The number of carbonyl (C=O) groups is 2. The number of aliphatic hydroxyl groups is 2. The summed E-state index contributed by atoms with van der Waals surface area (Å²) >= 11 is 0. The molecule has 0 spiro atoms. The molecule has 9 nitrogen and oxygen atoms in total. The lowest BCUT2D eigenvalue weighted by molar-refractivity contribution is -0.124. The van der Waals surface area contributed by atoms with Crippen molar-refractivity contribution in [2.75, 3.05) is 19.7 Å². The third kappa shape index (κ3) is 9.78. The second kappa shape index (κ2) is 16.2. The number of fused-ring (bicyclic) bond motifs is 1. The SMILES string of the molecule is CC(C)(C)N(C(=O)O)[C@@H](Cc1ccccc1)[C@H](O)CNC[C@@H](O)[C@H](Cc1ccccc1)NC(=O)COc1cccc2ccccc12. The topological polar surface area (TPSA) is 131 Å². The molecule has 0 saturated carbocycles. The van der Waals surface area contributed by atoms with Crippen LogP contribution in [-0.4, -0.2) is 81.7 Å². The van der Waals surface area contributed by atoms with Crippen LogP contribution in [0.5, 0.6) is 5.75 Å². The lowest BCUT2D eigenvalue weighted by Crippen LogP contribution is -2.58. The van der Waals surface area contributed by atoms with Crippen LogP contribution in [0.25, 0.3) is 10.8 Å². The molecule has 0 aliphatic heterocycles. The number of nitrogens with one attached hydrogen (secondary N) is 2. The molecule has 2 amide bonds. The van der Waals surface area contributed by atoms with Gasteiger partial charge < -0.3 is 30.7 Å². The minimum absolute atomic E-state index is 0.0324. The van der Waals surface area contributed by atoms with E-state index in [0.29, 0.717) is 18.6 Å². The first-order valence-electron chi connectivity index (χ1n) is 15.6. The highest BCUT2D eigenvalue weighted by molar-refractivity contribution is 5.88. The maximum Gasteiger partial charge on any atom is 0.408 e. The molecule has 0 radical (unpaired) electrons. The van der Waals surface area contributed by atoms with Crippen molar-refractivity contribution in [3.63, 3.8) is 0 Å². The first kappa shape index (κ1) is 34.4. The summed E-state index contributed by atoms with van der Waals surface area (Å²) in [6.07, 6.45) is -2.51. The van der Waals surface area contributed by atoms with Crippen molar-refractivity contribution >= 4 is 22.8 Å². The van der Waals surface area contributed by atoms with Crippen molar-refractivity contribution in [2.24, 2.45) is 0 Å². The van der Waals surface area contributed by atoms with Crippen LogP contribution >= 0.6 is 0 Å². The lowest BCUT2D eigenvalue weighted by Gasteiger charge is -2.42. The highest BCUT2D eigenvalue weighted by Gasteiger charge is 2.37. The van der Waals surface area contributed by atoms with Crippen molar-refractivity contribution in [1.29, 1.82) is 0 Å². The zero-order valence-corrected chi connectivity index (χ0v) is 26.7. The smallest absolute Gasteiger partial charge is 0.408 e. The average molecular weight is 628 g/mol. The van der Waals surface area contributed by atoms with Gasteiger partial charge in [-0.15, -0.1) is 0 Å². The van der Waals surface area contributed by atoms with Crippen molar-refractivity contribution in [3.8, 4) is 5.75 Å². The van der Waals surface area contributed by atoms with Crippen LogP contribution in [-0.2, 0) is 17.6 Å². The molecular formula is C37H45N3O6. The minimum atomic E-state index is -1.12. The van der Waals surface area contributed by atoms with E-state index in [1.807, 2.05) is 103 Å². The second-order valence-electron chi connectivity index (χ2n) is 12.5. The van der Waals surface area contributed by atoms with Gasteiger partial charge >= 0.3 is 6.09 Å². The number of ether oxygens (including phenoxy) is 1. The average Bonchev–Trinajstić information content (AvgIpc) is 3.03. The molecule has 46 heavy (non-hydrogen) atoms. The van der Waals surface area contributed by atoms with E-state index in [0.717, 1.165) is 21.9 Å². The van der Waals surface area contributed by atoms with Gasteiger partial charge in [-0.25, -0.2) is 4.79 Å². The molecular weight excluding hydrogens is 582 g/mol. The van der Waals surface area contributed by atoms with Crippen molar-refractivity contribution < 1.29 is 29.6 Å². The molecule has 244 valence electrons. The van der Waals surface area contributed by atoms with Gasteiger partial charge in [-0.1, -0.05) is 97.1 Å². The number of hydrogen-bond acceptors (Lipinski definition) is 6. The summed E-state index contributed by atoms with van der Waals surface area (Å²) in [7, 11) is 0. The van der Waals surface area contributed by atoms with Gasteiger partial charge in [0.1, 0.15) is 5.75 Å². The van der Waals surface area contributed by atoms with E-state index < -0.39 is 35.9 Å². The second-order valence-corrected chi connectivity index (χ2v) is 12.5. The Bertz CT molecular complexity index is 1540. The minimum Gasteiger partial charge on any atom is -0.483 e. The van der Waals surface area contributed by atoms with Gasteiger partial charge in [0.25, 0.3) is 5.91 Å². The Hall–Kier alpha value is -4.44. The Morgan fingerprint density at radius 1 is 0.761 bits per heavy atom.